The Morgan fingerprint density at radius 3 is 2.15 bits per heavy atom. The first kappa shape index (κ1) is 26.6. The van der Waals surface area contributed by atoms with Gasteiger partial charge in [-0.2, -0.15) is 0 Å². The Kier molecular flexibility index (Phi) is 6.50. The van der Waals surface area contributed by atoms with E-state index in [0.29, 0.717) is 29.0 Å². The Hall–Kier alpha value is -3.62. The van der Waals surface area contributed by atoms with Gasteiger partial charge >= 0.3 is 11.9 Å². The van der Waals surface area contributed by atoms with E-state index in [1.807, 2.05) is 0 Å². The van der Waals surface area contributed by atoms with E-state index in [9.17, 15) is 14.7 Å². The van der Waals surface area contributed by atoms with Crippen LogP contribution in [0.5, 0.6) is 28.7 Å². The average Bonchev–Trinajstić information content (AvgIpc) is 3.23. The molecule has 0 saturated carbocycles. The van der Waals surface area contributed by atoms with Crippen LogP contribution >= 0.6 is 46.4 Å². The topological polar surface area (TPSA) is 102 Å². The van der Waals surface area contributed by atoms with E-state index in [1.54, 1.807) is 48.5 Å². The third-order valence-corrected chi connectivity index (χ3v) is 8.55. The molecule has 0 aliphatic carbocycles. The van der Waals surface area contributed by atoms with Crippen LogP contribution in [-0.4, -0.2) is 22.2 Å². The van der Waals surface area contributed by atoms with Crippen LogP contribution in [-0.2, 0) is 21.6 Å². The van der Waals surface area contributed by atoms with Gasteiger partial charge in [0.15, 0.2) is 5.60 Å². The van der Waals surface area contributed by atoms with Crippen molar-refractivity contribution in [3.63, 3.8) is 0 Å². The lowest BCUT2D eigenvalue weighted by atomic mass is 9.77. The van der Waals surface area contributed by atoms with E-state index < -0.39 is 17.5 Å². The number of phenols is 1. The molecule has 2 N–H and O–H groups in total. The van der Waals surface area contributed by atoms with Crippen molar-refractivity contribution < 1.29 is 34.0 Å². The molecule has 11 heteroatoms. The summed E-state index contributed by atoms with van der Waals surface area (Å²) >= 11 is 25.8. The minimum absolute atomic E-state index is 0.00731. The number of aliphatic carboxylic acids is 1. The number of esters is 1. The number of carbonyl (C=O) groups excluding carboxylic acids is 1. The number of fused-ring (bicyclic) bond motifs is 6. The molecule has 6 rings (SSSR count). The summed E-state index contributed by atoms with van der Waals surface area (Å²) in [5, 5.41) is 18.9. The van der Waals surface area contributed by atoms with Crippen LogP contribution < -0.4 is 9.47 Å². The zero-order chi connectivity index (χ0) is 28.3. The molecule has 2 aliphatic rings. The monoisotopic (exact) mass is 616 g/mol. The lowest BCUT2D eigenvalue weighted by molar-refractivity contribution is -0.136. The Labute approximate surface area is 247 Å². The van der Waals surface area contributed by atoms with Gasteiger partial charge in [0.25, 0.3) is 0 Å². The number of halogens is 4. The number of rotatable bonds is 5. The Balaban J connectivity index is 1.47. The number of phenolic OH excluding ortho intramolecular Hbond substituents is 1. The highest BCUT2D eigenvalue weighted by atomic mass is 35.5. The number of ether oxygens (including phenoxy) is 3. The molecule has 40 heavy (non-hydrogen) atoms. The molecule has 7 nitrogen and oxygen atoms in total. The Morgan fingerprint density at radius 1 is 0.825 bits per heavy atom. The van der Waals surface area contributed by atoms with Crippen molar-refractivity contribution >= 4 is 58.3 Å². The van der Waals surface area contributed by atoms with Gasteiger partial charge in [-0.25, -0.2) is 4.79 Å². The van der Waals surface area contributed by atoms with Crippen molar-refractivity contribution in [3.8, 4) is 28.7 Å². The van der Waals surface area contributed by atoms with E-state index >= 15 is 0 Å². The van der Waals surface area contributed by atoms with Crippen molar-refractivity contribution in [2.24, 2.45) is 0 Å². The summed E-state index contributed by atoms with van der Waals surface area (Å²) in [7, 11) is 0. The first-order valence-corrected chi connectivity index (χ1v) is 13.4. The predicted octanol–water partition coefficient (Wildman–Crippen LogP) is 8.38. The molecule has 4 aromatic rings. The number of hydrogen-bond acceptors (Lipinski definition) is 6. The lowest BCUT2D eigenvalue weighted by Crippen LogP contribution is -2.33. The fourth-order valence-electron chi connectivity index (χ4n) is 4.98. The van der Waals surface area contributed by atoms with Crippen LogP contribution in [0.25, 0.3) is 0 Å². The van der Waals surface area contributed by atoms with Gasteiger partial charge in [0.1, 0.15) is 28.7 Å². The van der Waals surface area contributed by atoms with Crippen LogP contribution in [0.4, 0.5) is 0 Å². The zero-order valence-corrected chi connectivity index (χ0v) is 23.2. The number of aromatic hydroxyl groups is 1. The molecular formula is C29H16Cl4O7. The highest BCUT2D eigenvalue weighted by molar-refractivity contribution is 6.53. The van der Waals surface area contributed by atoms with Crippen molar-refractivity contribution in [2.45, 2.75) is 18.4 Å². The van der Waals surface area contributed by atoms with Gasteiger partial charge in [-0.1, -0.05) is 58.5 Å². The Morgan fingerprint density at radius 2 is 1.45 bits per heavy atom. The first-order valence-electron chi connectivity index (χ1n) is 11.8. The molecule has 202 valence electrons. The summed E-state index contributed by atoms with van der Waals surface area (Å²) < 4.78 is 18.2. The predicted molar refractivity (Wildman–Crippen MR) is 149 cm³/mol. The van der Waals surface area contributed by atoms with E-state index in [2.05, 4.69) is 0 Å². The molecular weight excluding hydrogens is 602 g/mol. The van der Waals surface area contributed by atoms with E-state index in [1.165, 1.54) is 12.1 Å². The molecule has 0 aromatic heterocycles. The van der Waals surface area contributed by atoms with Crippen LogP contribution in [0.15, 0.2) is 60.7 Å². The maximum atomic E-state index is 13.3. The first-order chi connectivity index (χ1) is 19.1. The van der Waals surface area contributed by atoms with E-state index in [0.717, 1.165) is 5.56 Å². The quantitative estimate of drug-likeness (QED) is 0.132. The van der Waals surface area contributed by atoms with Gasteiger partial charge in [0.2, 0.25) is 0 Å². The van der Waals surface area contributed by atoms with Gasteiger partial charge in [0.05, 0.1) is 25.7 Å². The fraction of sp³-hybridized carbons (Fsp3) is 0.103. The summed E-state index contributed by atoms with van der Waals surface area (Å²) in [6.07, 6.45) is 0.431. The van der Waals surface area contributed by atoms with Crippen molar-refractivity contribution in [1.82, 2.24) is 0 Å². The zero-order valence-electron chi connectivity index (χ0n) is 20.1. The van der Waals surface area contributed by atoms with Crippen molar-refractivity contribution in [1.29, 1.82) is 0 Å². The maximum Gasteiger partial charge on any atom is 0.341 e. The molecule has 2 heterocycles. The summed E-state index contributed by atoms with van der Waals surface area (Å²) in [4.78, 5) is 24.1. The van der Waals surface area contributed by atoms with Crippen LogP contribution in [0, 0.1) is 0 Å². The molecule has 0 fully saturated rings. The number of carboxylic acid groups (broad SMARTS) is 1. The second-order valence-electron chi connectivity index (χ2n) is 9.16. The molecule has 1 unspecified atom stereocenters. The van der Waals surface area contributed by atoms with Gasteiger partial charge in [-0.3, -0.25) is 4.79 Å². The molecule has 1 spiro atoms. The third-order valence-electron chi connectivity index (χ3n) is 6.75. The lowest BCUT2D eigenvalue weighted by Gasteiger charge is -2.37. The van der Waals surface area contributed by atoms with Crippen LogP contribution in [0.3, 0.4) is 0 Å². The number of benzene rings is 4. The second kappa shape index (κ2) is 9.78. The van der Waals surface area contributed by atoms with Crippen LogP contribution in [0.1, 0.15) is 39.0 Å². The van der Waals surface area contributed by atoms with Gasteiger partial charge < -0.3 is 24.4 Å². The fourth-order valence-corrected chi connectivity index (χ4v) is 6.04. The Bertz CT molecular complexity index is 1740. The highest BCUT2D eigenvalue weighted by Gasteiger charge is 2.56. The molecule has 2 aliphatic heterocycles. The number of carbonyl (C=O) groups is 2. The smallest absolute Gasteiger partial charge is 0.341 e. The largest absolute Gasteiger partial charge is 0.508 e. The molecule has 4 aromatic carbocycles. The summed E-state index contributed by atoms with van der Waals surface area (Å²) in [6, 6.07) is 16.4. The highest BCUT2D eigenvalue weighted by Crippen LogP contribution is 2.61. The standard InChI is InChI=1S/C29H16Cl4O7/c30-24-22-23(25(31)27(33)26(24)32)29(40-28(22)37)17-8-4-14(34)11-19(17)39-20-12-16(7-9-18(20)29)38-15-5-1-13(2-6-15)3-10-21(35)36/h1-2,4-9,11-12,34H,3,10H2,(H,35,36). The van der Waals surface area contributed by atoms with Gasteiger partial charge in [0, 0.05) is 35.2 Å². The summed E-state index contributed by atoms with van der Waals surface area (Å²) in [5.74, 6) is -0.299. The molecule has 0 amide bonds. The number of carboxylic acids is 1. The second-order valence-corrected chi connectivity index (χ2v) is 10.7. The minimum Gasteiger partial charge on any atom is -0.508 e. The molecule has 1 atom stereocenters. The number of aryl methyl sites for hydroxylation is 1. The van der Waals surface area contributed by atoms with E-state index in [-0.39, 0.29) is 54.9 Å². The summed E-state index contributed by atoms with van der Waals surface area (Å²) in [5.41, 5.74) is 0.259. The van der Waals surface area contributed by atoms with Crippen LogP contribution in [0.2, 0.25) is 20.1 Å². The van der Waals surface area contributed by atoms with E-state index in [4.69, 9.17) is 65.7 Å². The van der Waals surface area contributed by atoms with Gasteiger partial charge in [-0.05, 0) is 48.4 Å². The average molecular weight is 618 g/mol. The molecule has 0 radical (unpaired) electrons. The van der Waals surface area contributed by atoms with Crippen molar-refractivity contribution in [2.75, 3.05) is 0 Å². The molecule has 0 saturated heterocycles. The normalized spacial score (nSPS) is 16.6. The van der Waals surface area contributed by atoms with Crippen molar-refractivity contribution in [3.05, 3.63) is 109 Å². The SMILES string of the molecule is O=C(O)CCc1ccc(Oc2ccc3c(c2)Oc2cc(O)ccc2C32OC(=O)c3c(Cl)c(Cl)c(Cl)c(Cl)c32)cc1. The molecule has 0 bridgehead atoms. The van der Waals surface area contributed by atoms with Gasteiger partial charge in [-0.15, -0.1) is 0 Å². The minimum atomic E-state index is -1.61. The number of hydrogen-bond donors (Lipinski definition) is 2. The maximum absolute atomic E-state index is 13.3. The third kappa shape index (κ3) is 4.12. The summed E-state index contributed by atoms with van der Waals surface area (Å²) in [6.45, 7) is 0.